The van der Waals surface area contributed by atoms with E-state index in [9.17, 15) is 9.18 Å². The van der Waals surface area contributed by atoms with Gasteiger partial charge in [0.25, 0.3) is 0 Å². The van der Waals surface area contributed by atoms with Crippen LogP contribution in [-0.4, -0.2) is 43.3 Å². The van der Waals surface area contributed by atoms with Gasteiger partial charge in [-0.15, -0.1) is 0 Å². The molecule has 1 aliphatic rings. The minimum Gasteiger partial charge on any atom is -0.494 e. The Bertz CT molecular complexity index is 543. The van der Waals surface area contributed by atoms with Gasteiger partial charge in [0.15, 0.2) is 11.6 Å². The molecule has 5 nitrogen and oxygen atoms in total. The highest BCUT2D eigenvalue weighted by Gasteiger charge is 2.31. The number of hydrogen-bond donors (Lipinski definition) is 1. The Balaban J connectivity index is 2.22. The standard InChI is InChI=1S/C16H23FN2O3/c1-16(2,3)22-15(20)19-8-7-18-10-13(19)11-5-6-14(21-4)12(17)9-11/h5-6,9,13,18H,7-8,10H2,1-4H3. The molecule has 0 saturated carbocycles. The second-order valence-electron chi connectivity index (χ2n) is 6.29. The third kappa shape index (κ3) is 3.88. The molecule has 1 fully saturated rings. The summed E-state index contributed by atoms with van der Waals surface area (Å²) < 4.78 is 24.3. The fraction of sp³-hybridized carbons (Fsp3) is 0.562. The Morgan fingerprint density at radius 2 is 2.14 bits per heavy atom. The van der Waals surface area contributed by atoms with E-state index in [2.05, 4.69) is 5.32 Å². The van der Waals surface area contributed by atoms with Crippen LogP contribution in [0.25, 0.3) is 0 Å². The van der Waals surface area contributed by atoms with Crippen molar-refractivity contribution >= 4 is 6.09 Å². The number of nitrogens with one attached hydrogen (secondary N) is 1. The van der Waals surface area contributed by atoms with Crippen LogP contribution < -0.4 is 10.1 Å². The highest BCUT2D eigenvalue weighted by atomic mass is 19.1. The van der Waals surface area contributed by atoms with E-state index in [-0.39, 0.29) is 17.9 Å². The summed E-state index contributed by atoms with van der Waals surface area (Å²) in [6.07, 6.45) is -0.379. The van der Waals surface area contributed by atoms with Crippen molar-refractivity contribution < 1.29 is 18.7 Å². The van der Waals surface area contributed by atoms with Gasteiger partial charge < -0.3 is 14.8 Å². The van der Waals surface area contributed by atoms with Crippen LogP contribution in [0.4, 0.5) is 9.18 Å². The SMILES string of the molecule is COc1ccc(C2CNCCN2C(=O)OC(C)(C)C)cc1F. The molecule has 1 aromatic carbocycles. The Hall–Kier alpha value is -1.82. The van der Waals surface area contributed by atoms with Crippen LogP contribution >= 0.6 is 0 Å². The first-order chi connectivity index (χ1) is 10.3. The Morgan fingerprint density at radius 1 is 1.41 bits per heavy atom. The smallest absolute Gasteiger partial charge is 0.410 e. The molecule has 6 heteroatoms. The number of hydrogen-bond acceptors (Lipinski definition) is 4. The predicted octanol–water partition coefficient (Wildman–Crippen LogP) is 2.72. The maximum Gasteiger partial charge on any atom is 0.410 e. The zero-order chi connectivity index (χ0) is 16.3. The first kappa shape index (κ1) is 16.5. The fourth-order valence-corrected chi connectivity index (χ4v) is 2.43. The maximum absolute atomic E-state index is 13.9. The van der Waals surface area contributed by atoms with Gasteiger partial charge in [-0.05, 0) is 38.5 Å². The van der Waals surface area contributed by atoms with Crippen molar-refractivity contribution in [2.75, 3.05) is 26.7 Å². The highest BCUT2D eigenvalue weighted by molar-refractivity contribution is 5.69. The molecule has 1 atom stereocenters. The van der Waals surface area contributed by atoms with Crippen LogP contribution in [0.15, 0.2) is 18.2 Å². The van der Waals surface area contributed by atoms with E-state index in [4.69, 9.17) is 9.47 Å². The van der Waals surface area contributed by atoms with Crippen molar-refractivity contribution in [3.8, 4) is 5.75 Å². The number of rotatable bonds is 2. The summed E-state index contributed by atoms with van der Waals surface area (Å²) in [5, 5.41) is 3.23. The molecule has 22 heavy (non-hydrogen) atoms. The number of amides is 1. The average Bonchev–Trinajstić information content (AvgIpc) is 2.45. The van der Waals surface area contributed by atoms with Gasteiger partial charge in [0.2, 0.25) is 0 Å². The van der Waals surface area contributed by atoms with Gasteiger partial charge in [-0.3, -0.25) is 4.90 Å². The van der Waals surface area contributed by atoms with Crippen LogP contribution in [-0.2, 0) is 4.74 Å². The van der Waals surface area contributed by atoms with Gasteiger partial charge in [0.05, 0.1) is 13.2 Å². The fourth-order valence-electron chi connectivity index (χ4n) is 2.43. The number of nitrogens with zero attached hydrogens (tertiary/aromatic N) is 1. The minimum absolute atomic E-state index is 0.191. The molecular weight excluding hydrogens is 287 g/mol. The first-order valence-electron chi connectivity index (χ1n) is 7.35. The van der Waals surface area contributed by atoms with E-state index < -0.39 is 11.4 Å². The molecule has 1 heterocycles. The molecule has 122 valence electrons. The monoisotopic (exact) mass is 310 g/mol. The molecule has 1 aromatic rings. The lowest BCUT2D eigenvalue weighted by molar-refractivity contribution is 0.0117. The summed E-state index contributed by atoms with van der Waals surface area (Å²) in [6.45, 7) is 7.26. The molecule has 1 unspecified atom stereocenters. The van der Waals surface area contributed by atoms with Crippen molar-refractivity contribution in [2.45, 2.75) is 32.4 Å². The number of piperazine rings is 1. The second kappa shape index (κ2) is 6.52. The number of benzene rings is 1. The quantitative estimate of drug-likeness (QED) is 0.912. The van der Waals surface area contributed by atoms with E-state index in [0.717, 1.165) is 5.56 Å². The largest absolute Gasteiger partial charge is 0.494 e. The van der Waals surface area contributed by atoms with Gasteiger partial charge in [0, 0.05) is 19.6 Å². The first-order valence-corrected chi connectivity index (χ1v) is 7.35. The zero-order valence-electron chi connectivity index (χ0n) is 13.5. The van der Waals surface area contributed by atoms with Crippen LogP contribution in [0, 0.1) is 5.82 Å². The summed E-state index contributed by atoms with van der Waals surface area (Å²) >= 11 is 0. The van der Waals surface area contributed by atoms with E-state index in [1.807, 2.05) is 20.8 Å². The lowest BCUT2D eigenvalue weighted by Gasteiger charge is -2.37. The van der Waals surface area contributed by atoms with Crippen molar-refractivity contribution in [3.05, 3.63) is 29.6 Å². The van der Waals surface area contributed by atoms with Gasteiger partial charge >= 0.3 is 6.09 Å². The normalized spacial score (nSPS) is 19.0. The van der Waals surface area contributed by atoms with E-state index in [1.165, 1.54) is 13.2 Å². The molecule has 1 saturated heterocycles. The minimum atomic E-state index is -0.558. The molecule has 1 N–H and O–H groups in total. The third-order valence-electron chi connectivity index (χ3n) is 3.43. The van der Waals surface area contributed by atoms with Gasteiger partial charge in [0.1, 0.15) is 5.60 Å². The molecule has 0 aromatic heterocycles. The highest BCUT2D eigenvalue weighted by Crippen LogP contribution is 2.28. The van der Waals surface area contributed by atoms with Gasteiger partial charge in [-0.2, -0.15) is 0 Å². The lowest BCUT2D eigenvalue weighted by atomic mass is 10.0. The van der Waals surface area contributed by atoms with Crippen LogP contribution in [0.5, 0.6) is 5.75 Å². The van der Waals surface area contributed by atoms with Crippen molar-refractivity contribution in [1.82, 2.24) is 10.2 Å². The third-order valence-corrected chi connectivity index (χ3v) is 3.43. The van der Waals surface area contributed by atoms with E-state index in [1.54, 1.807) is 17.0 Å². The van der Waals surface area contributed by atoms with Crippen molar-refractivity contribution in [2.24, 2.45) is 0 Å². The summed E-state index contributed by atoms with van der Waals surface area (Å²) in [5.74, 6) is -0.244. The van der Waals surface area contributed by atoms with Crippen LogP contribution in [0.3, 0.4) is 0 Å². The van der Waals surface area contributed by atoms with Gasteiger partial charge in [-0.1, -0.05) is 6.07 Å². The average molecular weight is 310 g/mol. The van der Waals surface area contributed by atoms with Crippen molar-refractivity contribution in [3.63, 3.8) is 0 Å². The van der Waals surface area contributed by atoms with Gasteiger partial charge in [-0.25, -0.2) is 9.18 Å². The van der Waals surface area contributed by atoms with Crippen LogP contribution in [0.1, 0.15) is 32.4 Å². The van der Waals surface area contributed by atoms with E-state index >= 15 is 0 Å². The lowest BCUT2D eigenvalue weighted by Crippen LogP contribution is -2.50. The number of ether oxygens (including phenoxy) is 2. The molecule has 0 radical (unpaired) electrons. The molecular formula is C16H23FN2O3. The summed E-state index contributed by atoms with van der Waals surface area (Å²) in [4.78, 5) is 14.0. The zero-order valence-corrected chi connectivity index (χ0v) is 13.5. The van der Waals surface area contributed by atoms with Crippen molar-refractivity contribution in [1.29, 1.82) is 0 Å². The molecule has 1 amide bonds. The molecule has 2 rings (SSSR count). The predicted molar refractivity (Wildman–Crippen MR) is 81.5 cm³/mol. The number of halogens is 1. The van der Waals surface area contributed by atoms with E-state index in [0.29, 0.717) is 19.6 Å². The second-order valence-corrected chi connectivity index (χ2v) is 6.29. The Morgan fingerprint density at radius 3 is 2.73 bits per heavy atom. The van der Waals surface area contributed by atoms with Crippen LogP contribution in [0.2, 0.25) is 0 Å². The topological polar surface area (TPSA) is 50.8 Å². The Labute approximate surface area is 130 Å². The summed E-state index contributed by atoms with van der Waals surface area (Å²) in [6, 6.07) is 4.50. The number of carbonyl (C=O) groups excluding carboxylic acids is 1. The molecule has 1 aliphatic heterocycles. The molecule has 0 spiro atoms. The Kier molecular flexibility index (Phi) is 4.90. The maximum atomic E-state index is 13.9. The molecule has 0 aliphatic carbocycles. The number of carbonyl (C=O) groups is 1. The summed E-state index contributed by atoms with van der Waals surface area (Å²) in [5.41, 5.74) is 0.161. The molecule has 0 bridgehead atoms. The number of methoxy groups -OCH3 is 1. The summed E-state index contributed by atoms with van der Waals surface area (Å²) in [7, 11) is 1.42.